The van der Waals surface area contributed by atoms with Crippen molar-refractivity contribution in [3.8, 4) is 0 Å². The number of nitrogens with zero attached hydrogens (tertiary/aromatic N) is 2. The number of hydrogen-bond donors (Lipinski definition) is 1. The maximum Gasteiger partial charge on any atom is 0.405 e. The van der Waals surface area contributed by atoms with Gasteiger partial charge in [0.1, 0.15) is 12.4 Å². The van der Waals surface area contributed by atoms with Crippen LogP contribution in [0.1, 0.15) is 65.6 Å². The predicted molar refractivity (Wildman–Crippen MR) is 152 cm³/mol. The number of rotatable bonds is 6. The van der Waals surface area contributed by atoms with Crippen molar-refractivity contribution in [2.45, 2.75) is 63.0 Å². The molecular weight excluding hydrogens is 565 g/mol. The summed E-state index contributed by atoms with van der Waals surface area (Å²) in [7, 11) is 0. The Labute approximate surface area is 246 Å². The highest BCUT2D eigenvalue weighted by Crippen LogP contribution is 2.53. The lowest BCUT2D eigenvalue weighted by Gasteiger charge is -2.41. The number of piperidine rings is 1. The minimum absolute atomic E-state index is 0.00265. The first-order valence-electron chi connectivity index (χ1n) is 14.6. The number of carbonyl (C=O) groups is 2. The minimum Gasteiger partial charge on any atom is -0.371 e. The maximum absolute atomic E-state index is 16.6. The molecular formula is C33H32F5N3O2. The molecule has 2 atom stereocenters. The van der Waals surface area contributed by atoms with Crippen molar-refractivity contribution in [2.75, 3.05) is 19.6 Å². The third kappa shape index (κ3) is 5.47. The van der Waals surface area contributed by atoms with E-state index in [0.29, 0.717) is 66.9 Å². The number of nitrogens with one attached hydrogen (secondary N) is 1. The van der Waals surface area contributed by atoms with Gasteiger partial charge in [0.25, 0.3) is 5.91 Å². The predicted octanol–water partition coefficient (Wildman–Crippen LogP) is 6.44. The number of amides is 2. The molecule has 6 rings (SSSR count). The second-order valence-corrected chi connectivity index (χ2v) is 11.6. The Morgan fingerprint density at radius 2 is 1.86 bits per heavy atom. The Hall–Kier alpha value is -3.95. The van der Waals surface area contributed by atoms with E-state index in [1.54, 1.807) is 6.08 Å². The van der Waals surface area contributed by atoms with Crippen LogP contribution in [-0.2, 0) is 11.3 Å². The quantitative estimate of drug-likeness (QED) is 0.308. The van der Waals surface area contributed by atoms with E-state index in [9.17, 15) is 27.2 Å². The Balaban J connectivity index is 1.33. The molecule has 5 nitrogen and oxygen atoms in total. The van der Waals surface area contributed by atoms with E-state index in [4.69, 9.17) is 0 Å². The summed E-state index contributed by atoms with van der Waals surface area (Å²) in [5.74, 6) is -2.83. The molecule has 10 heteroatoms. The van der Waals surface area contributed by atoms with Gasteiger partial charge in [-0.1, -0.05) is 37.3 Å². The summed E-state index contributed by atoms with van der Waals surface area (Å²) >= 11 is 0. The van der Waals surface area contributed by atoms with E-state index in [-0.39, 0.29) is 23.9 Å². The lowest BCUT2D eigenvalue weighted by atomic mass is 9.81. The van der Waals surface area contributed by atoms with Crippen molar-refractivity contribution in [3.63, 3.8) is 0 Å². The van der Waals surface area contributed by atoms with Crippen LogP contribution >= 0.6 is 0 Å². The van der Waals surface area contributed by atoms with E-state index in [0.717, 1.165) is 11.6 Å². The molecule has 2 aliphatic heterocycles. The summed E-state index contributed by atoms with van der Waals surface area (Å²) in [5, 5.41) is 1.94. The third-order valence-electron chi connectivity index (χ3n) is 8.81. The summed E-state index contributed by atoms with van der Waals surface area (Å²) in [6.07, 6.45) is 1.60. The largest absolute Gasteiger partial charge is 0.405 e. The van der Waals surface area contributed by atoms with Gasteiger partial charge in [0.05, 0.1) is 5.92 Å². The average Bonchev–Trinajstić information content (AvgIpc) is 3.48. The van der Waals surface area contributed by atoms with Gasteiger partial charge in [-0.3, -0.25) is 9.59 Å². The van der Waals surface area contributed by atoms with E-state index >= 15 is 4.39 Å². The summed E-state index contributed by atoms with van der Waals surface area (Å²) in [6.45, 7) is 1.87. The summed E-state index contributed by atoms with van der Waals surface area (Å²) < 4.78 is 70.1. The zero-order valence-corrected chi connectivity index (χ0v) is 23.7. The van der Waals surface area contributed by atoms with Crippen LogP contribution in [0.3, 0.4) is 0 Å². The van der Waals surface area contributed by atoms with Crippen LogP contribution in [0.25, 0.3) is 5.57 Å². The molecule has 0 radical (unpaired) electrons. The first-order chi connectivity index (χ1) is 20.5. The van der Waals surface area contributed by atoms with Crippen molar-refractivity contribution in [1.29, 1.82) is 0 Å². The fraction of sp³-hybridized carbons (Fsp3) is 0.394. The van der Waals surface area contributed by atoms with Gasteiger partial charge in [-0.25, -0.2) is 8.78 Å². The highest BCUT2D eigenvalue weighted by atomic mass is 19.4. The van der Waals surface area contributed by atoms with Crippen molar-refractivity contribution >= 4 is 17.4 Å². The summed E-state index contributed by atoms with van der Waals surface area (Å²) in [4.78, 5) is 30.3. The van der Waals surface area contributed by atoms with E-state index in [1.807, 2.05) is 46.3 Å². The number of hydrogen-bond acceptors (Lipinski definition) is 3. The zero-order valence-electron chi connectivity index (χ0n) is 23.7. The normalized spacial score (nSPS) is 23.9. The number of carbonyl (C=O) groups excluding carboxylic acids is 2. The molecule has 1 fully saturated rings. The van der Waals surface area contributed by atoms with Crippen molar-refractivity contribution < 1.29 is 31.5 Å². The first kappa shape index (κ1) is 29.1. The number of fused-ring (bicyclic) bond motifs is 3. The molecule has 2 heterocycles. The Bertz CT molecular complexity index is 1550. The van der Waals surface area contributed by atoms with Gasteiger partial charge >= 0.3 is 6.18 Å². The molecule has 2 aliphatic carbocycles. The van der Waals surface area contributed by atoms with Crippen LogP contribution in [0.5, 0.6) is 0 Å². The minimum atomic E-state index is -4.63. The van der Waals surface area contributed by atoms with E-state index in [1.165, 1.54) is 24.3 Å². The molecule has 0 aromatic heterocycles. The van der Waals surface area contributed by atoms with Gasteiger partial charge in [0.2, 0.25) is 5.91 Å². The molecule has 43 heavy (non-hydrogen) atoms. The topological polar surface area (TPSA) is 52.7 Å². The van der Waals surface area contributed by atoms with Gasteiger partial charge in [0.15, 0.2) is 5.67 Å². The first-order valence-corrected chi connectivity index (χ1v) is 14.6. The number of halogens is 5. The lowest BCUT2D eigenvalue weighted by molar-refractivity contribution is -0.138. The van der Waals surface area contributed by atoms with Gasteiger partial charge < -0.3 is 15.1 Å². The molecule has 2 unspecified atom stereocenters. The van der Waals surface area contributed by atoms with Gasteiger partial charge in [-0.2, -0.15) is 13.2 Å². The summed E-state index contributed by atoms with van der Waals surface area (Å²) in [6, 6.07) is 11.5. The Morgan fingerprint density at radius 1 is 1.12 bits per heavy atom. The number of allylic oxidation sites excluding steroid dienone is 4. The Kier molecular flexibility index (Phi) is 7.42. The average molecular weight is 598 g/mol. The molecule has 0 bridgehead atoms. The second-order valence-electron chi connectivity index (χ2n) is 11.6. The number of alkyl halides is 4. The van der Waals surface area contributed by atoms with Crippen molar-refractivity contribution in [3.05, 3.63) is 100 Å². The molecule has 4 aliphatic rings. The van der Waals surface area contributed by atoms with Crippen LogP contribution in [0.4, 0.5) is 22.0 Å². The standard InChI is InChI=1S/C33H32F5N3O2/c1-2-3-12-32(35)16-26-28(24-9-8-21(34)15-25(24)29(26)30(42)39-19-33(36,37)38)27(17-32)40-13-10-22(11-14-40)41-18-20-6-4-5-7-23(20)31(41)43/h3-9,12,15,17,22,29H,2,10-11,13-14,16,18-19H2,1H3,(H,39,42). The zero-order chi connectivity index (χ0) is 30.5. The SMILES string of the molecule is CCC=CC1(F)C=C(N2CCC(N3Cc4ccccc4C3=O)CC2)C2=C(C1)C(C(=O)NCC(F)(F)F)c1cc(F)ccc12. The van der Waals surface area contributed by atoms with Crippen LogP contribution in [0.2, 0.25) is 0 Å². The molecule has 226 valence electrons. The fourth-order valence-electron chi connectivity index (χ4n) is 6.89. The van der Waals surface area contributed by atoms with Crippen molar-refractivity contribution in [1.82, 2.24) is 15.1 Å². The highest BCUT2D eigenvalue weighted by Gasteiger charge is 2.46. The molecule has 0 saturated carbocycles. The van der Waals surface area contributed by atoms with Gasteiger partial charge in [-0.05, 0) is 71.9 Å². The van der Waals surface area contributed by atoms with E-state index < -0.39 is 36.0 Å². The molecule has 2 amide bonds. The number of likely N-dealkylation sites (tertiary alicyclic amines) is 1. The van der Waals surface area contributed by atoms with Crippen LogP contribution in [0, 0.1) is 5.82 Å². The maximum atomic E-state index is 16.6. The van der Waals surface area contributed by atoms with Crippen LogP contribution in [-0.4, -0.2) is 59.1 Å². The van der Waals surface area contributed by atoms with Crippen LogP contribution < -0.4 is 5.32 Å². The molecule has 2 aromatic carbocycles. The highest BCUT2D eigenvalue weighted by molar-refractivity contribution is 6.00. The monoisotopic (exact) mass is 597 g/mol. The molecule has 1 saturated heterocycles. The van der Waals surface area contributed by atoms with Gasteiger partial charge in [0, 0.05) is 48.9 Å². The third-order valence-corrected chi connectivity index (χ3v) is 8.81. The Morgan fingerprint density at radius 3 is 2.56 bits per heavy atom. The molecule has 1 N–H and O–H groups in total. The molecule has 0 spiro atoms. The fourth-order valence-corrected chi connectivity index (χ4v) is 6.89. The van der Waals surface area contributed by atoms with Gasteiger partial charge in [-0.15, -0.1) is 0 Å². The second kappa shape index (κ2) is 11.0. The summed E-state index contributed by atoms with van der Waals surface area (Å²) in [5.41, 5.74) is 1.92. The smallest absolute Gasteiger partial charge is 0.371 e. The van der Waals surface area contributed by atoms with Crippen LogP contribution in [0.15, 0.2) is 72.0 Å². The van der Waals surface area contributed by atoms with E-state index in [2.05, 4.69) is 0 Å². The molecule has 2 aromatic rings. The lowest BCUT2D eigenvalue weighted by Crippen LogP contribution is -2.45. The van der Waals surface area contributed by atoms with Crippen molar-refractivity contribution in [2.24, 2.45) is 0 Å². The number of benzene rings is 2.